The summed E-state index contributed by atoms with van der Waals surface area (Å²) >= 11 is 1.55. The van der Waals surface area contributed by atoms with Crippen molar-refractivity contribution < 1.29 is 20.1 Å². The highest BCUT2D eigenvalue weighted by molar-refractivity contribution is 7.99. The molecule has 27 heavy (non-hydrogen) atoms. The Hall–Kier alpha value is 0.190. The van der Waals surface area contributed by atoms with E-state index in [1.807, 2.05) is 0 Å². The van der Waals surface area contributed by atoms with E-state index in [0.717, 1.165) is 12.2 Å². The summed E-state index contributed by atoms with van der Waals surface area (Å²) in [5, 5.41) is 29.0. The van der Waals surface area contributed by atoms with E-state index in [2.05, 4.69) is 6.92 Å². The smallest absolute Gasteiger partial charge is 0.131 e. The summed E-state index contributed by atoms with van der Waals surface area (Å²) in [6.45, 7) is 2.38. The van der Waals surface area contributed by atoms with Gasteiger partial charge in [0.2, 0.25) is 0 Å². The van der Waals surface area contributed by atoms with E-state index in [-0.39, 0.29) is 6.61 Å². The molecule has 1 fully saturated rings. The minimum absolute atomic E-state index is 0.106. The predicted molar refractivity (Wildman–Crippen MR) is 115 cm³/mol. The highest BCUT2D eigenvalue weighted by atomic mass is 32.2. The number of aliphatic hydroxyl groups excluding tert-OH is 3. The molecule has 1 aliphatic rings. The maximum absolute atomic E-state index is 9.88. The van der Waals surface area contributed by atoms with Crippen LogP contribution in [-0.2, 0) is 4.74 Å². The molecule has 1 aliphatic heterocycles. The SMILES string of the molecule is CCCCCCCCCCCCCCCCCS[C@@H]1OC[C@@H](O)[C@H](O)[C@H]1O. The second-order valence-electron chi connectivity index (χ2n) is 8.07. The molecule has 1 rings (SSSR count). The van der Waals surface area contributed by atoms with Crippen LogP contribution in [0.4, 0.5) is 0 Å². The Balaban J connectivity index is 1.78. The summed E-state index contributed by atoms with van der Waals surface area (Å²) in [5.41, 5.74) is -0.407. The third-order valence-electron chi connectivity index (χ3n) is 5.48. The molecule has 4 atom stereocenters. The van der Waals surface area contributed by atoms with Gasteiger partial charge in [-0.15, -0.1) is 11.8 Å². The molecule has 0 radical (unpaired) electrons. The molecule has 0 unspecified atom stereocenters. The summed E-state index contributed by atoms with van der Waals surface area (Å²) < 4.78 is 5.40. The van der Waals surface area contributed by atoms with Gasteiger partial charge < -0.3 is 20.1 Å². The summed E-state index contributed by atoms with van der Waals surface area (Å²) in [6, 6.07) is 0. The average molecular weight is 405 g/mol. The third kappa shape index (κ3) is 12.4. The molecule has 0 amide bonds. The molecule has 0 bridgehead atoms. The molecule has 1 heterocycles. The lowest BCUT2D eigenvalue weighted by Crippen LogP contribution is -2.51. The molecule has 5 heteroatoms. The molecule has 0 aromatic carbocycles. The Morgan fingerprint density at radius 3 is 1.59 bits per heavy atom. The summed E-state index contributed by atoms with van der Waals surface area (Å²) in [4.78, 5) is 0. The van der Waals surface area contributed by atoms with Crippen molar-refractivity contribution in [3.63, 3.8) is 0 Å². The van der Waals surface area contributed by atoms with Gasteiger partial charge in [0, 0.05) is 0 Å². The van der Waals surface area contributed by atoms with Gasteiger partial charge in [-0.3, -0.25) is 0 Å². The zero-order valence-electron chi connectivity index (χ0n) is 17.5. The van der Waals surface area contributed by atoms with Gasteiger partial charge in [0.1, 0.15) is 23.7 Å². The quantitative estimate of drug-likeness (QED) is 0.297. The summed E-state index contributed by atoms with van der Waals surface area (Å²) in [6.07, 6.45) is 17.3. The number of hydrogen-bond donors (Lipinski definition) is 3. The van der Waals surface area contributed by atoms with Crippen molar-refractivity contribution in [2.45, 2.75) is 127 Å². The number of unbranched alkanes of at least 4 members (excludes halogenated alkanes) is 14. The second kappa shape index (κ2) is 17.1. The topological polar surface area (TPSA) is 69.9 Å². The van der Waals surface area contributed by atoms with Crippen LogP contribution in [0.1, 0.15) is 103 Å². The Morgan fingerprint density at radius 2 is 1.11 bits per heavy atom. The second-order valence-corrected chi connectivity index (χ2v) is 9.28. The van der Waals surface area contributed by atoms with Crippen LogP contribution < -0.4 is 0 Å². The summed E-state index contributed by atoms with van der Waals surface area (Å²) in [7, 11) is 0. The number of ether oxygens (including phenoxy) is 1. The first kappa shape index (κ1) is 25.2. The molecule has 0 aliphatic carbocycles. The fourth-order valence-corrected chi connectivity index (χ4v) is 4.73. The normalized spacial score (nSPS) is 25.8. The highest BCUT2D eigenvalue weighted by Gasteiger charge is 2.37. The predicted octanol–water partition coefficient (Wildman–Crippen LogP) is 5.03. The lowest BCUT2D eigenvalue weighted by Gasteiger charge is -2.34. The number of aliphatic hydroxyl groups is 3. The van der Waals surface area contributed by atoms with E-state index in [9.17, 15) is 15.3 Å². The number of hydrogen-bond acceptors (Lipinski definition) is 5. The van der Waals surface area contributed by atoms with Crippen LogP contribution in [-0.4, -0.2) is 51.4 Å². The van der Waals surface area contributed by atoms with Crippen LogP contribution in [0, 0.1) is 0 Å². The van der Waals surface area contributed by atoms with Gasteiger partial charge in [-0.1, -0.05) is 96.8 Å². The maximum Gasteiger partial charge on any atom is 0.131 e. The van der Waals surface area contributed by atoms with Crippen LogP contribution in [0.2, 0.25) is 0 Å². The van der Waals surface area contributed by atoms with Gasteiger partial charge >= 0.3 is 0 Å². The number of rotatable bonds is 17. The first-order valence-corrected chi connectivity index (χ1v) is 12.5. The molecule has 0 aromatic heterocycles. The molecule has 0 saturated carbocycles. The van der Waals surface area contributed by atoms with Crippen LogP contribution >= 0.6 is 11.8 Å². The zero-order valence-corrected chi connectivity index (χ0v) is 18.3. The maximum atomic E-state index is 9.88. The zero-order chi connectivity index (χ0) is 19.7. The van der Waals surface area contributed by atoms with Crippen molar-refractivity contribution in [3.05, 3.63) is 0 Å². The van der Waals surface area contributed by atoms with Crippen LogP contribution in [0.5, 0.6) is 0 Å². The van der Waals surface area contributed by atoms with Crippen LogP contribution in [0.15, 0.2) is 0 Å². The monoisotopic (exact) mass is 404 g/mol. The fourth-order valence-electron chi connectivity index (χ4n) is 3.60. The van der Waals surface area contributed by atoms with E-state index in [0.29, 0.717) is 0 Å². The van der Waals surface area contributed by atoms with E-state index >= 15 is 0 Å². The van der Waals surface area contributed by atoms with Gasteiger partial charge in [-0.2, -0.15) is 0 Å². The first-order valence-electron chi connectivity index (χ1n) is 11.4. The van der Waals surface area contributed by atoms with E-state index in [4.69, 9.17) is 4.74 Å². The van der Waals surface area contributed by atoms with Gasteiger partial charge in [0.05, 0.1) is 6.61 Å². The van der Waals surface area contributed by atoms with Crippen molar-refractivity contribution in [1.29, 1.82) is 0 Å². The molecule has 1 saturated heterocycles. The minimum atomic E-state index is -1.09. The molecular weight excluding hydrogens is 360 g/mol. The van der Waals surface area contributed by atoms with E-state index in [1.165, 1.54) is 89.9 Å². The van der Waals surface area contributed by atoms with Crippen LogP contribution in [0.25, 0.3) is 0 Å². The molecule has 4 nitrogen and oxygen atoms in total. The average Bonchev–Trinajstić information content (AvgIpc) is 2.67. The molecular formula is C22H44O4S. The molecule has 0 aromatic rings. The lowest BCUT2D eigenvalue weighted by atomic mass is 10.0. The minimum Gasteiger partial charge on any atom is -0.388 e. The van der Waals surface area contributed by atoms with Crippen molar-refractivity contribution in [2.24, 2.45) is 0 Å². The Bertz CT molecular complexity index is 329. The Morgan fingerprint density at radius 1 is 0.667 bits per heavy atom. The first-order chi connectivity index (χ1) is 13.2. The molecule has 3 N–H and O–H groups in total. The standard InChI is InChI=1S/C22H44O4S/c1-2-3-4-5-6-7-8-9-10-11-12-13-14-15-16-17-27-22-21(25)20(24)19(23)18-26-22/h19-25H,2-18H2,1H3/t19-,20+,21-,22+/m1/s1. The third-order valence-corrected chi connectivity index (χ3v) is 6.75. The van der Waals surface area contributed by atoms with Crippen molar-refractivity contribution in [2.75, 3.05) is 12.4 Å². The van der Waals surface area contributed by atoms with Gasteiger partial charge in [0.15, 0.2) is 0 Å². The van der Waals surface area contributed by atoms with Gasteiger partial charge in [-0.05, 0) is 12.2 Å². The van der Waals surface area contributed by atoms with Gasteiger partial charge in [-0.25, -0.2) is 0 Å². The summed E-state index contributed by atoms with van der Waals surface area (Å²) in [5.74, 6) is 0.933. The van der Waals surface area contributed by atoms with E-state index in [1.54, 1.807) is 11.8 Å². The largest absolute Gasteiger partial charge is 0.388 e. The van der Waals surface area contributed by atoms with E-state index < -0.39 is 23.7 Å². The van der Waals surface area contributed by atoms with Crippen molar-refractivity contribution >= 4 is 11.8 Å². The van der Waals surface area contributed by atoms with Crippen molar-refractivity contribution in [3.8, 4) is 0 Å². The Labute approximate surface area is 171 Å². The fraction of sp³-hybridized carbons (Fsp3) is 1.00. The molecule has 0 spiro atoms. The lowest BCUT2D eigenvalue weighted by molar-refractivity contribution is -0.161. The van der Waals surface area contributed by atoms with Gasteiger partial charge in [0.25, 0.3) is 0 Å². The highest BCUT2D eigenvalue weighted by Crippen LogP contribution is 2.26. The van der Waals surface area contributed by atoms with Crippen LogP contribution in [0.3, 0.4) is 0 Å². The number of thioether (sulfide) groups is 1. The Kier molecular flexibility index (Phi) is 16.0. The van der Waals surface area contributed by atoms with Crippen molar-refractivity contribution in [1.82, 2.24) is 0 Å². The molecule has 162 valence electrons.